The lowest BCUT2D eigenvalue weighted by atomic mass is 10.1. The zero-order chi connectivity index (χ0) is 30.9. The highest BCUT2D eigenvalue weighted by atomic mass is 19.1. The van der Waals surface area contributed by atoms with Gasteiger partial charge in [-0.25, -0.2) is 4.39 Å². The second-order valence-electron chi connectivity index (χ2n) is 11.6. The summed E-state index contributed by atoms with van der Waals surface area (Å²) in [6.45, 7) is 4.86. The number of rotatable bonds is 20. The largest absolute Gasteiger partial charge is 0.464 e. The predicted molar refractivity (Wildman–Crippen MR) is 171 cm³/mol. The van der Waals surface area contributed by atoms with E-state index in [1.165, 1.54) is 69.8 Å². The zero-order valence-electron chi connectivity index (χ0n) is 26.1. The van der Waals surface area contributed by atoms with Crippen molar-refractivity contribution >= 4 is 22.8 Å². The van der Waals surface area contributed by atoms with Gasteiger partial charge in [-0.2, -0.15) is 0 Å². The van der Waals surface area contributed by atoms with Crippen molar-refractivity contribution in [2.75, 3.05) is 13.1 Å². The maximum absolute atomic E-state index is 13.7. The van der Waals surface area contributed by atoms with E-state index in [1.54, 1.807) is 46.2 Å². The number of hydrogen-bond acceptors (Lipinski definition) is 4. The summed E-state index contributed by atoms with van der Waals surface area (Å²) in [6.07, 6.45) is 15.9. The van der Waals surface area contributed by atoms with Crippen LogP contribution in [0.5, 0.6) is 0 Å². The summed E-state index contributed by atoms with van der Waals surface area (Å²) in [4.78, 5) is 43.2. The Morgan fingerprint density at radius 3 is 2.00 bits per heavy atom. The van der Waals surface area contributed by atoms with Gasteiger partial charge in [-0.3, -0.25) is 14.4 Å². The summed E-state index contributed by atoms with van der Waals surface area (Å²) in [5.41, 5.74) is 1.37. The molecule has 0 aliphatic rings. The van der Waals surface area contributed by atoms with Gasteiger partial charge in [0.1, 0.15) is 11.4 Å². The van der Waals surface area contributed by atoms with E-state index in [4.69, 9.17) is 4.42 Å². The zero-order valence-corrected chi connectivity index (χ0v) is 26.1. The van der Waals surface area contributed by atoms with E-state index in [0.717, 1.165) is 31.2 Å². The van der Waals surface area contributed by atoms with Gasteiger partial charge in [0.15, 0.2) is 5.43 Å². The van der Waals surface area contributed by atoms with Crippen molar-refractivity contribution in [3.8, 4) is 0 Å². The number of carbonyl (C=O) groups excluding carboxylic acids is 2. The summed E-state index contributed by atoms with van der Waals surface area (Å²) >= 11 is 0. The summed E-state index contributed by atoms with van der Waals surface area (Å²) in [6, 6.07) is 12.9. The van der Waals surface area contributed by atoms with E-state index in [0.29, 0.717) is 29.5 Å². The van der Waals surface area contributed by atoms with Gasteiger partial charge < -0.3 is 14.2 Å². The molecular formula is C36H49FN2O4. The van der Waals surface area contributed by atoms with Crippen molar-refractivity contribution in [1.29, 1.82) is 0 Å². The number of halogens is 1. The van der Waals surface area contributed by atoms with Crippen LogP contribution in [-0.2, 0) is 22.7 Å². The maximum Gasteiger partial charge on any atom is 0.242 e. The van der Waals surface area contributed by atoms with Gasteiger partial charge in [0.2, 0.25) is 11.8 Å². The highest BCUT2D eigenvalue weighted by Crippen LogP contribution is 2.16. The van der Waals surface area contributed by atoms with Crippen LogP contribution in [0.25, 0.3) is 11.0 Å². The molecule has 0 unspecified atom stereocenters. The SMILES string of the molecule is CCCCCCCCCCCCCC(=O)N(CCC)CC(=O)N(Cc1ccc(F)cc1)Cc1coc2ccccc2c1=O. The van der Waals surface area contributed by atoms with Crippen molar-refractivity contribution in [3.05, 3.63) is 82.0 Å². The van der Waals surface area contributed by atoms with E-state index in [9.17, 15) is 18.8 Å². The Bertz CT molecular complexity index is 1320. The van der Waals surface area contributed by atoms with Crippen LogP contribution in [0.1, 0.15) is 108 Å². The molecule has 3 aromatic rings. The minimum Gasteiger partial charge on any atom is -0.464 e. The molecule has 2 aromatic carbocycles. The molecule has 234 valence electrons. The van der Waals surface area contributed by atoms with Crippen LogP contribution in [0.15, 0.2) is 64.0 Å². The Kier molecular flexibility index (Phi) is 15.0. The first-order valence-corrected chi connectivity index (χ1v) is 16.2. The highest BCUT2D eigenvalue weighted by molar-refractivity contribution is 5.85. The fraction of sp³-hybridized carbons (Fsp3) is 0.528. The van der Waals surface area contributed by atoms with E-state index >= 15 is 0 Å². The van der Waals surface area contributed by atoms with Crippen LogP contribution in [0.4, 0.5) is 4.39 Å². The Labute approximate surface area is 256 Å². The van der Waals surface area contributed by atoms with Crippen molar-refractivity contribution in [2.45, 2.75) is 110 Å². The van der Waals surface area contributed by atoms with Gasteiger partial charge in [0, 0.05) is 19.5 Å². The molecule has 7 heteroatoms. The first-order chi connectivity index (χ1) is 20.9. The summed E-state index contributed by atoms with van der Waals surface area (Å²) in [5.74, 6) is -0.644. The molecule has 2 amide bonds. The smallest absolute Gasteiger partial charge is 0.242 e. The molecule has 0 bridgehead atoms. The quantitative estimate of drug-likeness (QED) is 0.124. The Morgan fingerprint density at radius 1 is 0.721 bits per heavy atom. The molecule has 1 heterocycles. The van der Waals surface area contributed by atoms with E-state index in [2.05, 4.69) is 6.92 Å². The van der Waals surface area contributed by atoms with E-state index < -0.39 is 0 Å². The molecule has 0 atom stereocenters. The first-order valence-electron chi connectivity index (χ1n) is 16.2. The van der Waals surface area contributed by atoms with Crippen LogP contribution in [0.3, 0.4) is 0 Å². The Morgan fingerprint density at radius 2 is 1.35 bits per heavy atom. The third-order valence-electron chi connectivity index (χ3n) is 7.92. The van der Waals surface area contributed by atoms with Gasteiger partial charge in [0.25, 0.3) is 0 Å². The number of nitrogens with zero attached hydrogens (tertiary/aromatic N) is 2. The van der Waals surface area contributed by atoms with Gasteiger partial charge in [0.05, 0.1) is 30.3 Å². The van der Waals surface area contributed by atoms with Crippen LogP contribution in [0.2, 0.25) is 0 Å². The monoisotopic (exact) mass is 592 g/mol. The first kappa shape index (κ1) is 34.0. The van der Waals surface area contributed by atoms with Gasteiger partial charge >= 0.3 is 0 Å². The molecule has 0 N–H and O–H groups in total. The fourth-order valence-corrected chi connectivity index (χ4v) is 5.40. The molecule has 0 spiro atoms. The summed E-state index contributed by atoms with van der Waals surface area (Å²) in [5, 5.41) is 0.448. The molecule has 0 fully saturated rings. The number of benzene rings is 2. The standard InChI is InChI=1S/C36H49FN2O4/c1-3-5-6-7-8-9-10-11-12-13-14-19-34(40)38(24-4-2)27-35(41)39(25-29-20-22-31(37)23-21-29)26-30-28-43-33-18-16-15-17-32(33)36(30)42/h15-18,20-23,28H,3-14,19,24-27H2,1-2H3. The molecule has 0 saturated heterocycles. The normalized spacial score (nSPS) is 11.1. The second kappa shape index (κ2) is 18.9. The highest BCUT2D eigenvalue weighted by Gasteiger charge is 2.22. The van der Waals surface area contributed by atoms with Crippen molar-refractivity contribution in [3.63, 3.8) is 0 Å². The van der Waals surface area contributed by atoms with Crippen LogP contribution in [-0.4, -0.2) is 34.7 Å². The Balaban J connectivity index is 1.58. The molecule has 6 nitrogen and oxygen atoms in total. The fourth-order valence-electron chi connectivity index (χ4n) is 5.40. The molecule has 0 radical (unpaired) electrons. The number of fused-ring (bicyclic) bond motifs is 1. The lowest BCUT2D eigenvalue weighted by Gasteiger charge is -2.28. The number of carbonyl (C=O) groups is 2. The molecule has 43 heavy (non-hydrogen) atoms. The lowest BCUT2D eigenvalue weighted by molar-refractivity contribution is -0.141. The van der Waals surface area contributed by atoms with Crippen molar-refractivity contribution in [1.82, 2.24) is 9.80 Å². The topological polar surface area (TPSA) is 70.8 Å². The average Bonchev–Trinajstić information content (AvgIpc) is 3.01. The summed E-state index contributed by atoms with van der Waals surface area (Å²) in [7, 11) is 0. The molecule has 0 saturated carbocycles. The minimum atomic E-state index is -0.362. The number of para-hydroxylation sites is 1. The van der Waals surface area contributed by atoms with Gasteiger partial charge in [-0.05, 0) is 42.7 Å². The number of hydrogen-bond donors (Lipinski definition) is 0. The third kappa shape index (κ3) is 11.6. The van der Waals surface area contributed by atoms with Crippen LogP contribution in [0, 0.1) is 5.82 Å². The van der Waals surface area contributed by atoms with E-state index in [1.807, 2.05) is 6.92 Å². The maximum atomic E-state index is 13.7. The lowest BCUT2D eigenvalue weighted by Crippen LogP contribution is -2.43. The Hall–Kier alpha value is -3.48. The molecular weight excluding hydrogens is 543 g/mol. The number of unbranched alkanes of at least 4 members (excludes halogenated alkanes) is 10. The average molecular weight is 593 g/mol. The van der Waals surface area contributed by atoms with Crippen molar-refractivity contribution < 1.29 is 18.4 Å². The van der Waals surface area contributed by atoms with Gasteiger partial charge in [-0.15, -0.1) is 0 Å². The molecule has 0 aliphatic heterocycles. The molecule has 3 rings (SSSR count). The minimum absolute atomic E-state index is 0.0157. The second-order valence-corrected chi connectivity index (χ2v) is 11.6. The third-order valence-corrected chi connectivity index (χ3v) is 7.92. The molecule has 1 aromatic heterocycles. The summed E-state index contributed by atoms with van der Waals surface area (Å²) < 4.78 is 19.2. The van der Waals surface area contributed by atoms with Crippen molar-refractivity contribution in [2.24, 2.45) is 0 Å². The molecule has 0 aliphatic carbocycles. The van der Waals surface area contributed by atoms with E-state index in [-0.39, 0.29) is 42.7 Å². The van der Waals surface area contributed by atoms with Gasteiger partial charge in [-0.1, -0.05) is 102 Å². The number of amides is 2. The van der Waals surface area contributed by atoms with Crippen LogP contribution >= 0.6 is 0 Å². The van der Waals surface area contributed by atoms with Crippen LogP contribution < -0.4 is 5.43 Å². The predicted octanol–water partition coefficient (Wildman–Crippen LogP) is 8.40.